The van der Waals surface area contributed by atoms with Gasteiger partial charge in [0, 0.05) is 22.0 Å². The SMILES string of the molecule is COc1ccccc1/C=C/C1=NN(c2cccc(Br)c2)[C@H](c2ccccc2OC)C1. The topological polar surface area (TPSA) is 34.1 Å². The van der Waals surface area contributed by atoms with Crippen molar-refractivity contribution in [3.63, 3.8) is 0 Å². The number of halogens is 1. The van der Waals surface area contributed by atoms with Crippen LogP contribution in [-0.2, 0) is 0 Å². The predicted octanol–water partition coefficient (Wildman–Crippen LogP) is 6.49. The number of ether oxygens (including phenoxy) is 2. The monoisotopic (exact) mass is 462 g/mol. The van der Waals surface area contributed by atoms with E-state index in [0.29, 0.717) is 0 Å². The summed E-state index contributed by atoms with van der Waals surface area (Å²) in [5, 5.41) is 7.02. The number of hydrazone groups is 1. The first kappa shape index (κ1) is 20.2. The number of allylic oxidation sites excluding steroid dienone is 1. The van der Waals surface area contributed by atoms with E-state index in [9.17, 15) is 0 Å². The van der Waals surface area contributed by atoms with Gasteiger partial charge in [0.05, 0.1) is 31.7 Å². The van der Waals surface area contributed by atoms with Gasteiger partial charge in [0.25, 0.3) is 0 Å². The molecule has 3 aromatic rings. The van der Waals surface area contributed by atoms with Crippen molar-refractivity contribution in [1.29, 1.82) is 0 Å². The number of nitrogens with zero attached hydrogens (tertiary/aromatic N) is 2. The molecule has 0 radical (unpaired) electrons. The summed E-state index contributed by atoms with van der Waals surface area (Å²) in [4.78, 5) is 0. The molecule has 5 heteroatoms. The Balaban J connectivity index is 1.71. The molecule has 0 bridgehead atoms. The van der Waals surface area contributed by atoms with Crippen LogP contribution in [0.15, 0.2) is 88.4 Å². The Morgan fingerprint density at radius 2 is 1.63 bits per heavy atom. The summed E-state index contributed by atoms with van der Waals surface area (Å²) in [5.41, 5.74) is 4.17. The highest BCUT2D eigenvalue weighted by atomic mass is 79.9. The van der Waals surface area contributed by atoms with Crippen molar-refractivity contribution in [2.75, 3.05) is 19.2 Å². The van der Waals surface area contributed by atoms with E-state index < -0.39 is 0 Å². The van der Waals surface area contributed by atoms with Gasteiger partial charge in [0.1, 0.15) is 11.5 Å². The fourth-order valence-electron chi connectivity index (χ4n) is 3.66. The molecule has 0 saturated carbocycles. The zero-order valence-electron chi connectivity index (χ0n) is 17.0. The van der Waals surface area contributed by atoms with Crippen LogP contribution in [0.1, 0.15) is 23.6 Å². The average molecular weight is 463 g/mol. The van der Waals surface area contributed by atoms with Crippen LogP contribution in [-0.4, -0.2) is 19.9 Å². The second-order valence-electron chi connectivity index (χ2n) is 6.95. The van der Waals surface area contributed by atoms with Gasteiger partial charge in [-0.05, 0) is 42.5 Å². The van der Waals surface area contributed by atoms with E-state index in [4.69, 9.17) is 14.6 Å². The minimum atomic E-state index is 0.0489. The lowest BCUT2D eigenvalue weighted by atomic mass is 9.99. The van der Waals surface area contributed by atoms with Crippen LogP contribution < -0.4 is 14.5 Å². The van der Waals surface area contributed by atoms with E-state index in [-0.39, 0.29) is 6.04 Å². The first-order chi connectivity index (χ1) is 14.7. The molecule has 0 aliphatic carbocycles. The molecule has 0 saturated heterocycles. The maximum Gasteiger partial charge on any atom is 0.126 e. The normalized spacial score (nSPS) is 16.0. The van der Waals surface area contributed by atoms with Crippen LogP contribution in [0.4, 0.5) is 5.69 Å². The molecule has 152 valence electrons. The lowest BCUT2D eigenvalue weighted by Gasteiger charge is -2.25. The molecule has 0 fully saturated rings. The van der Waals surface area contributed by atoms with Crippen LogP contribution >= 0.6 is 15.9 Å². The quantitative estimate of drug-likeness (QED) is 0.419. The number of benzene rings is 3. The number of hydrogen-bond acceptors (Lipinski definition) is 4. The van der Waals surface area contributed by atoms with Gasteiger partial charge in [0.2, 0.25) is 0 Å². The lowest BCUT2D eigenvalue weighted by Crippen LogP contribution is -2.19. The minimum Gasteiger partial charge on any atom is -0.496 e. The van der Waals surface area contributed by atoms with Crippen molar-refractivity contribution in [2.24, 2.45) is 5.10 Å². The van der Waals surface area contributed by atoms with Crippen LogP contribution in [0.3, 0.4) is 0 Å². The number of anilines is 1. The summed E-state index contributed by atoms with van der Waals surface area (Å²) in [7, 11) is 3.40. The fourth-order valence-corrected chi connectivity index (χ4v) is 4.05. The molecule has 0 spiro atoms. The van der Waals surface area contributed by atoms with Crippen molar-refractivity contribution in [3.8, 4) is 11.5 Å². The summed E-state index contributed by atoms with van der Waals surface area (Å²) < 4.78 is 12.1. The lowest BCUT2D eigenvalue weighted by molar-refractivity contribution is 0.405. The molecule has 0 N–H and O–H groups in total. The predicted molar refractivity (Wildman–Crippen MR) is 126 cm³/mol. The molecule has 4 nitrogen and oxygen atoms in total. The zero-order valence-corrected chi connectivity index (χ0v) is 18.5. The molecule has 30 heavy (non-hydrogen) atoms. The second-order valence-corrected chi connectivity index (χ2v) is 7.87. The molecule has 4 rings (SSSR count). The molecule has 1 heterocycles. The van der Waals surface area contributed by atoms with Crippen LogP contribution in [0.2, 0.25) is 0 Å². The Kier molecular flexibility index (Phi) is 6.19. The molecule has 1 atom stereocenters. The van der Waals surface area contributed by atoms with Crippen LogP contribution in [0.25, 0.3) is 6.08 Å². The molecule has 1 aliphatic rings. The van der Waals surface area contributed by atoms with Gasteiger partial charge < -0.3 is 9.47 Å². The highest BCUT2D eigenvalue weighted by Gasteiger charge is 2.30. The minimum absolute atomic E-state index is 0.0489. The Hall–Kier alpha value is -3.05. The highest BCUT2D eigenvalue weighted by molar-refractivity contribution is 9.10. The van der Waals surface area contributed by atoms with Gasteiger partial charge in [-0.15, -0.1) is 0 Å². The summed E-state index contributed by atoms with van der Waals surface area (Å²) in [6.45, 7) is 0. The highest BCUT2D eigenvalue weighted by Crippen LogP contribution is 2.40. The Morgan fingerprint density at radius 3 is 2.40 bits per heavy atom. The van der Waals surface area contributed by atoms with E-state index in [2.05, 4.69) is 51.3 Å². The van der Waals surface area contributed by atoms with Crippen molar-refractivity contribution < 1.29 is 9.47 Å². The van der Waals surface area contributed by atoms with E-state index in [1.54, 1.807) is 14.2 Å². The van der Waals surface area contributed by atoms with Crippen molar-refractivity contribution in [3.05, 3.63) is 94.5 Å². The van der Waals surface area contributed by atoms with E-state index >= 15 is 0 Å². The first-order valence-corrected chi connectivity index (χ1v) is 10.5. The maximum atomic E-state index is 5.64. The molecule has 1 aliphatic heterocycles. The maximum absolute atomic E-state index is 5.64. The standard InChI is InChI=1S/C25H23BrN2O2/c1-29-24-12-5-3-8-18(24)14-15-20-17-23(22-11-4-6-13-25(22)30-2)28(27-20)21-10-7-9-19(26)16-21/h3-16,23H,17H2,1-2H3/b15-14+/t23-/m0/s1. The van der Waals surface area contributed by atoms with Crippen molar-refractivity contribution in [2.45, 2.75) is 12.5 Å². The summed E-state index contributed by atoms with van der Waals surface area (Å²) >= 11 is 3.58. The second kappa shape index (κ2) is 9.18. The molecule has 0 aromatic heterocycles. The summed E-state index contributed by atoms with van der Waals surface area (Å²) in [6, 6.07) is 24.4. The third-order valence-electron chi connectivity index (χ3n) is 5.10. The molecule has 0 amide bonds. The number of rotatable bonds is 6. The van der Waals surface area contributed by atoms with Crippen molar-refractivity contribution in [1.82, 2.24) is 0 Å². The Morgan fingerprint density at radius 1 is 0.900 bits per heavy atom. The van der Waals surface area contributed by atoms with Gasteiger partial charge in [-0.25, -0.2) is 0 Å². The first-order valence-electron chi connectivity index (χ1n) is 9.76. The molecule has 0 unspecified atom stereocenters. The van der Waals surface area contributed by atoms with Gasteiger partial charge in [-0.2, -0.15) is 5.10 Å². The third kappa shape index (κ3) is 4.26. The number of hydrogen-bond donors (Lipinski definition) is 0. The summed E-state index contributed by atoms with van der Waals surface area (Å²) in [5.74, 6) is 1.71. The van der Waals surface area contributed by atoms with Gasteiger partial charge in [-0.3, -0.25) is 5.01 Å². The average Bonchev–Trinajstić information content (AvgIpc) is 3.22. The zero-order chi connectivity index (χ0) is 20.9. The Labute approximate surface area is 185 Å². The van der Waals surface area contributed by atoms with Crippen LogP contribution in [0, 0.1) is 0 Å². The van der Waals surface area contributed by atoms with Gasteiger partial charge in [0.15, 0.2) is 0 Å². The van der Waals surface area contributed by atoms with Gasteiger partial charge in [-0.1, -0.05) is 58.4 Å². The fraction of sp³-hybridized carbons (Fsp3) is 0.160. The molecule has 3 aromatic carbocycles. The molecular formula is C25H23BrN2O2. The summed E-state index contributed by atoms with van der Waals surface area (Å²) in [6.07, 6.45) is 4.90. The van der Waals surface area contributed by atoms with Crippen LogP contribution in [0.5, 0.6) is 11.5 Å². The van der Waals surface area contributed by atoms with Gasteiger partial charge >= 0.3 is 0 Å². The van der Waals surface area contributed by atoms with E-state index in [1.807, 2.05) is 54.6 Å². The molecular weight excluding hydrogens is 440 g/mol. The van der Waals surface area contributed by atoms with E-state index in [1.165, 1.54) is 0 Å². The van der Waals surface area contributed by atoms with Crippen molar-refractivity contribution >= 4 is 33.4 Å². The number of para-hydroxylation sites is 2. The smallest absolute Gasteiger partial charge is 0.126 e. The van der Waals surface area contributed by atoms with E-state index in [0.717, 1.165) is 44.9 Å². The Bertz CT molecular complexity index is 1090. The largest absolute Gasteiger partial charge is 0.496 e. The number of methoxy groups -OCH3 is 2. The third-order valence-corrected chi connectivity index (χ3v) is 5.59.